The highest BCUT2D eigenvalue weighted by Gasteiger charge is 2.23. The monoisotopic (exact) mass is 154 g/mol. The van der Waals surface area contributed by atoms with Gasteiger partial charge >= 0.3 is 0 Å². The van der Waals surface area contributed by atoms with Gasteiger partial charge in [0.15, 0.2) is 9.84 Å². The molecule has 0 saturated carbocycles. The van der Waals surface area contributed by atoms with Crippen LogP contribution < -0.4 is 0 Å². The van der Waals surface area contributed by atoms with Crippen molar-refractivity contribution in [1.82, 2.24) is 0 Å². The molecule has 0 unspecified atom stereocenters. The van der Waals surface area contributed by atoms with Crippen LogP contribution in [0.4, 0.5) is 0 Å². The van der Waals surface area contributed by atoms with E-state index in [1.807, 2.05) is 6.08 Å². The van der Waals surface area contributed by atoms with Crippen molar-refractivity contribution in [3.05, 3.63) is 34.1 Å². The molecule has 10 heavy (non-hydrogen) atoms. The van der Waals surface area contributed by atoms with Gasteiger partial charge in [-0.3, -0.25) is 0 Å². The molecule has 0 aromatic rings. The van der Waals surface area contributed by atoms with E-state index in [4.69, 9.17) is 0 Å². The van der Waals surface area contributed by atoms with Crippen molar-refractivity contribution in [2.45, 2.75) is 6.42 Å². The Morgan fingerprint density at radius 1 is 1.30 bits per heavy atom. The van der Waals surface area contributed by atoms with Crippen LogP contribution in [0.25, 0.3) is 0 Å². The number of hydrogen-bond donors (Lipinski definition) is 0. The van der Waals surface area contributed by atoms with E-state index >= 15 is 0 Å². The molecule has 0 saturated heterocycles. The second kappa shape index (κ2) is 1.61. The zero-order valence-corrected chi connectivity index (χ0v) is 6.06. The Kier molecular flexibility index (Phi) is 0.951. The summed E-state index contributed by atoms with van der Waals surface area (Å²) < 4.78 is 22.1. The lowest BCUT2D eigenvalue weighted by atomic mass is 10.2. The summed E-state index contributed by atoms with van der Waals surface area (Å²) >= 11 is 0. The van der Waals surface area contributed by atoms with Gasteiger partial charge in [0.05, 0.1) is 4.91 Å². The van der Waals surface area contributed by atoms with Gasteiger partial charge in [-0.1, -0.05) is 6.08 Å². The van der Waals surface area contributed by atoms with Crippen LogP contribution in [0.5, 0.6) is 0 Å². The van der Waals surface area contributed by atoms with Gasteiger partial charge in [0.2, 0.25) is 0 Å². The van der Waals surface area contributed by atoms with Gasteiger partial charge in [-0.15, -0.1) is 0 Å². The highest BCUT2D eigenvalue weighted by atomic mass is 32.2. The Labute approximate surface area is 59.5 Å². The van der Waals surface area contributed by atoms with Gasteiger partial charge in [0.25, 0.3) is 0 Å². The number of allylic oxidation sites excluding steroid dienone is 4. The van der Waals surface area contributed by atoms with Crippen molar-refractivity contribution in [3.63, 3.8) is 0 Å². The van der Waals surface area contributed by atoms with Crippen LogP contribution in [-0.2, 0) is 9.84 Å². The average molecular weight is 154 g/mol. The van der Waals surface area contributed by atoms with E-state index in [-0.39, 0.29) is 0 Å². The molecule has 0 atom stereocenters. The minimum absolute atomic E-state index is 0.493. The first-order valence-electron chi connectivity index (χ1n) is 3.03. The van der Waals surface area contributed by atoms with E-state index in [0.29, 0.717) is 4.91 Å². The molecule has 1 aliphatic carbocycles. The summed E-state index contributed by atoms with van der Waals surface area (Å²) in [5, 5.41) is 1.27. The molecule has 3 heteroatoms. The average Bonchev–Trinajstić information content (AvgIpc) is 2.36. The molecule has 1 aliphatic heterocycles. The minimum atomic E-state index is -3.01. The van der Waals surface area contributed by atoms with Crippen LogP contribution in [0.3, 0.4) is 0 Å². The van der Waals surface area contributed by atoms with Crippen molar-refractivity contribution in [2.24, 2.45) is 0 Å². The Morgan fingerprint density at radius 2 is 2.10 bits per heavy atom. The van der Waals surface area contributed by atoms with Crippen molar-refractivity contribution >= 4 is 9.84 Å². The van der Waals surface area contributed by atoms with E-state index in [9.17, 15) is 8.42 Å². The molecule has 0 fully saturated rings. The summed E-state index contributed by atoms with van der Waals surface area (Å²) in [5.41, 5.74) is 0.931. The molecule has 2 aliphatic rings. The molecular weight excluding hydrogens is 148 g/mol. The number of hydrogen-bond acceptors (Lipinski definition) is 2. The lowest BCUT2D eigenvalue weighted by Gasteiger charge is -1.89. The third kappa shape index (κ3) is 0.609. The first-order chi connectivity index (χ1) is 4.70. The minimum Gasteiger partial charge on any atom is -0.219 e. The SMILES string of the molecule is O=S1(=O)C=CC2=C1C=CC2. The molecule has 0 N–H and O–H groups in total. The largest absolute Gasteiger partial charge is 0.219 e. The fourth-order valence-electron chi connectivity index (χ4n) is 1.17. The predicted octanol–water partition coefficient (Wildman–Crippen LogP) is 1.14. The first kappa shape index (κ1) is 5.92. The molecule has 0 spiro atoms. The van der Waals surface area contributed by atoms with E-state index < -0.39 is 9.84 Å². The van der Waals surface area contributed by atoms with E-state index in [1.54, 1.807) is 12.2 Å². The topological polar surface area (TPSA) is 34.1 Å². The Morgan fingerprint density at radius 3 is 2.80 bits per heavy atom. The summed E-state index contributed by atoms with van der Waals surface area (Å²) in [6, 6.07) is 0. The zero-order valence-electron chi connectivity index (χ0n) is 5.24. The number of sulfone groups is 1. The highest BCUT2D eigenvalue weighted by Crippen LogP contribution is 2.30. The standard InChI is InChI=1S/C7H6O2S/c8-10(9)5-4-6-2-1-3-7(6)10/h1,3-5H,2H2. The van der Waals surface area contributed by atoms with Crippen LogP contribution >= 0.6 is 0 Å². The first-order valence-corrected chi connectivity index (χ1v) is 4.58. The molecule has 52 valence electrons. The second-order valence-electron chi connectivity index (χ2n) is 2.34. The van der Waals surface area contributed by atoms with Gasteiger partial charge in [-0.05, 0) is 24.1 Å². The summed E-state index contributed by atoms with van der Waals surface area (Å²) in [7, 11) is -3.01. The van der Waals surface area contributed by atoms with E-state index in [2.05, 4.69) is 0 Å². The van der Waals surface area contributed by atoms with Gasteiger partial charge < -0.3 is 0 Å². The van der Waals surface area contributed by atoms with Crippen molar-refractivity contribution in [3.8, 4) is 0 Å². The Bertz CT molecular complexity index is 355. The third-order valence-corrected chi connectivity index (χ3v) is 3.18. The van der Waals surface area contributed by atoms with Crippen molar-refractivity contribution in [1.29, 1.82) is 0 Å². The van der Waals surface area contributed by atoms with Crippen molar-refractivity contribution in [2.75, 3.05) is 0 Å². The molecule has 0 aromatic heterocycles. The summed E-state index contributed by atoms with van der Waals surface area (Å²) in [5.74, 6) is 0. The summed E-state index contributed by atoms with van der Waals surface area (Å²) in [6.45, 7) is 0. The predicted molar refractivity (Wildman–Crippen MR) is 38.8 cm³/mol. The zero-order chi connectivity index (χ0) is 7.19. The van der Waals surface area contributed by atoms with Crippen LogP contribution in [0, 0.1) is 0 Å². The van der Waals surface area contributed by atoms with E-state index in [1.165, 1.54) is 5.41 Å². The van der Waals surface area contributed by atoms with Crippen LogP contribution in [0.15, 0.2) is 34.1 Å². The van der Waals surface area contributed by atoms with Crippen molar-refractivity contribution < 1.29 is 8.42 Å². The van der Waals surface area contributed by atoms with Gasteiger partial charge in [-0.25, -0.2) is 8.42 Å². The van der Waals surface area contributed by atoms with Gasteiger partial charge in [-0.2, -0.15) is 0 Å². The molecular formula is C7H6O2S. The molecule has 2 rings (SSSR count). The van der Waals surface area contributed by atoms with Gasteiger partial charge in [0, 0.05) is 5.41 Å². The molecule has 2 nitrogen and oxygen atoms in total. The Hall–Kier alpha value is -0.830. The fourth-order valence-corrected chi connectivity index (χ4v) is 2.47. The lowest BCUT2D eigenvalue weighted by Crippen LogP contribution is -1.91. The second-order valence-corrected chi connectivity index (χ2v) is 4.15. The molecule has 0 radical (unpaired) electrons. The highest BCUT2D eigenvalue weighted by molar-refractivity contribution is 7.98. The Balaban J connectivity index is 2.69. The normalized spacial score (nSPS) is 26.0. The van der Waals surface area contributed by atoms with Crippen LogP contribution in [-0.4, -0.2) is 8.42 Å². The van der Waals surface area contributed by atoms with Crippen LogP contribution in [0.1, 0.15) is 6.42 Å². The molecule has 0 amide bonds. The molecule has 0 aromatic carbocycles. The third-order valence-electron chi connectivity index (χ3n) is 1.68. The van der Waals surface area contributed by atoms with Crippen LogP contribution in [0.2, 0.25) is 0 Å². The quantitative estimate of drug-likeness (QED) is 0.524. The lowest BCUT2D eigenvalue weighted by molar-refractivity contribution is 0.611. The summed E-state index contributed by atoms with van der Waals surface area (Å²) in [4.78, 5) is 0.493. The van der Waals surface area contributed by atoms with E-state index in [0.717, 1.165) is 12.0 Å². The van der Waals surface area contributed by atoms with Gasteiger partial charge in [0.1, 0.15) is 0 Å². The molecule has 0 bridgehead atoms. The smallest absolute Gasteiger partial charge is 0.200 e. The maximum absolute atomic E-state index is 11.0. The molecule has 1 heterocycles. The summed E-state index contributed by atoms with van der Waals surface area (Å²) in [6.07, 6.45) is 5.98. The number of rotatable bonds is 0. The maximum Gasteiger partial charge on any atom is 0.200 e. The maximum atomic E-state index is 11.0. The fraction of sp³-hybridized carbons (Fsp3) is 0.143.